The average molecular weight is 384 g/mol. The lowest BCUT2D eigenvalue weighted by atomic mass is 10.0. The van der Waals surface area contributed by atoms with Gasteiger partial charge in [-0.05, 0) is 36.1 Å². The van der Waals surface area contributed by atoms with E-state index in [2.05, 4.69) is 10.6 Å². The fourth-order valence-corrected chi connectivity index (χ4v) is 2.93. The van der Waals surface area contributed by atoms with Crippen LogP contribution in [0.1, 0.15) is 33.3 Å². The lowest BCUT2D eigenvalue weighted by Crippen LogP contribution is -2.46. The molecular weight excluding hydrogens is 356 g/mol. The number of hydrogen-bond donors (Lipinski definition) is 2. The fraction of sp³-hybridized carbons (Fsp3) is 0.409. The van der Waals surface area contributed by atoms with E-state index in [-0.39, 0.29) is 36.8 Å². The third-order valence-electron chi connectivity index (χ3n) is 4.26. The molecule has 2 amide bonds. The van der Waals surface area contributed by atoms with Crippen LogP contribution in [0.25, 0.3) is 10.8 Å². The van der Waals surface area contributed by atoms with E-state index in [1.54, 1.807) is 0 Å². The number of ether oxygens (including phenoxy) is 1. The van der Waals surface area contributed by atoms with Gasteiger partial charge < -0.3 is 15.4 Å². The molecule has 0 aromatic heterocycles. The van der Waals surface area contributed by atoms with E-state index in [9.17, 15) is 14.4 Å². The second-order valence-corrected chi connectivity index (χ2v) is 7.43. The molecule has 1 atom stereocenters. The summed E-state index contributed by atoms with van der Waals surface area (Å²) >= 11 is 0. The van der Waals surface area contributed by atoms with Gasteiger partial charge in [0.05, 0.1) is 6.42 Å². The van der Waals surface area contributed by atoms with Crippen LogP contribution in [0.15, 0.2) is 42.5 Å². The smallest absolute Gasteiger partial charge is 0.329 e. The highest BCUT2D eigenvalue weighted by Gasteiger charge is 2.26. The summed E-state index contributed by atoms with van der Waals surface area (Å²) in [7, 11) is 0. The molecule has 0 bridgehead atoms. The summed E-state index contributed by atoms with van der Waals surface area (Å²) in [6.07, 6.45) is 0.158. The summed E-state index contributed by atoms with van der Waals surface area (Å²) in [5.74, 6) is -1.41. The zero-order valence-corrected chi connectivity index (χ0v) is 16.8. The minimum Gasteiger partial charge on any atom is -0.454 e. The topological polar surface area (TPSA) is 84.5 Å². The molecular formula is C22H28N2O4. The number of nitrogens with one attached hydrogen (secondary N) is 2. The second-order valence-electron chi connectivity index (χ2n) is 7.43. The van der Waals surface area contributed by atoms with Crippen molar-refractivity contribution < 1.29 is 19.1 Å². The molecule has 0 aliphatic heterocycles. The number of benzene rings is 2. The summed E-state index contributed by atoms with van der Waals surface area (Å²) in [6.45, 7) is 6.92. The minimum absolute atomic E-state index is 0.0347. The van der Waals surface area contributed by atoms with E-state index in [4.69, 9.17) is 4.74 Å². The van der Waals surface area contributed by atoms with E-state index in [1.165, 1.54) is 0 Å². The fourth-order valence-electron chi connectivity index (χ4n) is 2.93. The van der Waals surface area contributed by atoms with Crippen LogP contribution in [-0.4, -0.2) is 36.5 Å². The SMILES string of the molecule is CC(C)NC(=O)COC(=O)[C@@H](NC(=O)Cc1cccc2ccccc12)C(C)C. The molecule has 0 unspecified atom stereocenters. The van der Waals surface area contributed by atoms with E-state index < -0.39 is 12.0 Å². The highest BCUT2D eigenvalue weighted by atomic mass is 16.5. The molecule has 6 nitrogen and oxygen atoms in total. The number of hydrogen-bond acceptors (Lipinski definition) is 4. The molecule has 150 valence electrons. The van der Waals surface area contributed by atoms with Gasteiger partial charge in [0.15, 0.2) is 6.61 Å². The Morgan fingerprint density at radius 1 is 0.893 bits per heavy atom. The first-order valence-electron chi connectivity index (χ1n) is 9.50. The van der Waals surface area contributed by atoms with Crippen LogP contribution in [0.2, 0.25) is 0 Å². The molecule has 0 radical (unpaired) electrons. The molecule has 6 heteroatoms. The van der Waals surface area contributed by atoms with Gasteiger partial charge in [0, 0.05) is 6.04 Å². The monoisotopic (exact) mass is 384 g/mol. The van der Waals surface area contributed by atoms with Crippen molar-refractivity contribution in [2.24, 2.45) is 5.92 Å². The van der Waals surface area contributed by atoms with Crippen LogP contribution in [-0.2, 0) is 25.5 Å². The summed E-state index contributed by atoms with van der Waals surface area (Å²) in [5.41, 5.74) is 0.891. The van der Waals surface area contributed by atoms with Gasteiger partial charge in [-0.3, -0.25) is 9.59 Å². The van der Waals surface area contributed by atoms with Crippen LogP contribution in [0.5, 0.6) is 0 Å². The summed E-state index contributed by atoms with van der Waals surface area (Å²) in [6, 6.07) is 12.8. The Hall–Kier alpha value is -2.89. The van der Waals surface area contributed by atoms with Crippen LogP contribution in [0.4, 0.5) is 0 Å². The van der Waals surface area contributed by atoms with Crippen molar-refractivity contribution >= 4 is 28.6 Å². The predicted molar refractivity (Wildman–Crippen MR) is 109 cm³/mol. The Labute approximate surface area is 165 Å². The first-order valence-corrected chi connectivity index (χ1v) is 9.50. The molecule has 2 N–H and O–H groups in total. The first-order chi connectivity index (χ1) is 13.3. The zero-order valence-electron chi connectivity index (χ0n) is 16.8. The summed E-state index contributed by atoms with van der Waals surface area (Å²) < 4.78 is 5.08. The lowest BCUT2D eigenvalue weighted by Gasteiger charge is -2.21. The largest absolute Gasteiger partial charge is 0.454 e. The molecule has 2 rings (SSSR count). The number of amides is 2. The van der Waals surface area contributed by atoms with Gasteiger partial charge in [0.2, 0.25) is 5.91 Å². The summed E-state index contributed by atoms with van der Waals surface area (Å²) in [4.78, 5) is 36.6. The van der Waals surface area contributed by atoms with Crippen molar-refractivity contribution in [1.29, 1.82) is 0 Å². The van der Waals surface area contributed by atoms with Gasteiger partial charge in [-0.1, -0.05) is 56.3 Å². The van der Waals surface area contributed by atoms with E-state index in [0.29, 0.717) is 0 Å². The molecule has 0 heterocycles. The minimum atomic E-state index is -0.811. The van der Waals surface area contributed by atoms with Crippen LogP contribution in [0.3, 0.4) is 0 Å². The molecule has 28 heavy (non-hydrogen) atoms. The number of carbonyl (C=O) groups excluding carboxylic acids is 3. The number of carbonyl (C=O) groups is 3. The maximum Gasteiger partial charge on any atom is 0.329 e. The Bertz CT molecular complexity index is 840. The molecule has 0 saturated carbocycles. The van der Waals surface area contributed by atoms with Crippen molar-refractivity contribution in [2.75, 3.05) is 6.61 Å². The van der Waals surface area contributed by atoms with Crippen LogP contribution >= 0.6 is 0 Å². The van der Waals surface area contributed by atoms with Gasteiger partial charge in [0.25, 0.3) is 5.91 Å². The Balaban J connectivity index is 2.00. The van der Waals surface area contributed by atoms with Crippen molar-refractivity contribution in [1.82, 2.24) is 10.6 Å². The van der Waals surface area contributed by atoms with Crippen molar-refractivity contribution in [3.63, 3.8) is 0 Å². The maximum atomic E-state index is 12.6. The Morgan fingerprint density at radius 3 is 2.25 bits per heavy atom. The van der Waals surface area contributed by atoms with Crippen LogP contribution < -0.4 is 10.6 Å². The second kappa shape index (κ2) is 9.88. The van der Waals surface area contributed by atoms with E-state index in [0.717, 1.165) is 16.3 Å². The molecule has 0 fully saturated rings. The average Bonchev–Trinajstić information content (AvgIpc) is 2.63. The van der Waals surface area contributed by atoms with Gasteiger partial charge >= 0.3 is 5.97 Å². The number of esters is 1. The van der Waals surface area contributed by atoms with Crippen molar-refractivity contribution in [3.8, 4) is 0 Å². The zero-order chi connectivity index (χ0) is 20.7. The van der Waals surface area contributed by atoms with Crippen molar-refractivity contribution in [2.45, 2.75) is 46.2 Å². The van der Waals surface area contributed by atoms with Gasteiger partial charge in [-0.15, -0.1) is 0 Å². The Morgan fingerprint density at radius 2 is 1.57 bits per heavy atom. The van der Waals surface area contributed by atoms with E-state index >= 15 is 0 Å². The lowest BCUT2D eigenvalue weighted by molar-refractivity contribution is -0.152. The normalized spacial score (nSPS) is 12.1. The Kier molecular flexibility index (Phi) is 7.55. The maximum absolute atomic E-state index is 12.6. The highest BCUT2D eigenvalue weighted by molar-refractivity contribution is 5.92. The van der Waals surface area contributed by atoms with Gasteiger partial charge in [0.1, 0.15) is 6.04 Å². The van der Waals surface area contributed by atoms with Gasteiger partial charge in [-0.2, -0.15) is 0 Å². The predicted octanol–water partition coefficient (Wildman–Crippen LogP) is 2.59. The number of fused-ring (bicyclic) bond motifs is 1. The molecule has 2 aromatic carbocycles. The van der Waals surface area contributed by atoms with Crippen molar-refractivity contribution in [3.05, 3.63) is 48.0 Å². The molecule has 2 aromatic rings. The highest BCUT2D eigenvalue weighted by Crippen LogP contribution is 2.19. The standard InChI is InChI=1S/C22H28N2O4/c1-14(2)21(22(27)28-13-20(26)23-15(3)4)24-19(25)12-17-10-7-9-16-8-5-6-11-18(16)17/h5-11,14-15,21H,12-13H2,1-4H3,(H,23,26)(H,24,25)/t21-/m0/s1. The molecule has 0 spiro atoms. The first kappa shape index (κ1) is 21.4. The third-order valence-corrected chi connectivity index (χ3v) is 4.26. The van der Waals surface area contributed by atoms with E-state index in [1.807, 2.05) is 70.2 Å². The molecule has 0 aliphatic carbocycles. The van der Waals surface area contributed by atoms with Gasteiger partial charge in [-0.25, -0.2) is 4.79 Å². The molecule has 0 aliphatic rings. The quantitative estimate of drug-likeness (QED) is 0.685. The number of rotatable bonds is 8. The van der Waals surface area contributed by atoms with Crippen LogP contribution in [0, 0.1) is 5.92 Å². The molecule has 0 saturated heterocycles. The third kappa shape index (κ3) is 6.08. The summed E-state index contributed by atoms with van der Waals surface area (Å²) in [5, 5.41) is 7.47.